The highest BCUT2D eigenvalue weighted by Gasteiger charge is 2.43. The molecule has 1 saturated heterocycles. The third-order valence-electron chi connectivity index (χ3n) is 6.88. The molecule has 224 valence electrons. The Labute approximate surface area is 243 Å². The number of para-hydroxylation sites is 2. The number of carbonyl (C=O) groups is 3. The molecule has 0 spiro atoms. The van der Waals surface area contributed by atoms with Crippen molar-refractivity contribution in [1.29, 1.82) is 0 Å². The molecule has 0 saturated carbocycles. The summed E-state index contributed by atoms with van der Waals surface area (Å²) >= 11 is 0. The van der Waals surface area contributed by atoms with Gasteiger partial charge in [-0.3, -0.25) is 14.3 Å². The molecule has 10 nitrogen and oxygen atoms in total. The van der Waals surface area contributed by atoms with E-state index in [2.05, 4.69) is 20.0 Å². The van der Waals surface area contributed by atoms with Crippen LogP contribution >= 0.6 is 0 Å². The molecule has 1 fully saturated rings. The minimum atomic E-state index is -5.30. The quantitative estimate of drug-likeness (QED) is 0.244. The standard InChI is InChI=1S/C29H25F3N4O6S/c30-29(31,32)28(39)42-23(15-17-6-2-1-3-7-17)27(38)35-22(26-33-20-8-4-5-9-21(20)34-26)14-18-10-12-19(13-11-18)24-16-25(37)36-43(24,40)41/h1-13,22-24H,14-16H2,(H,33,34)(H,35,38)(H,36,37)/t22-,23-,24?/m0/s1. The smallest absolute Gasteiger partial charge is 0.445 e. The number of rotatable bonds is 9. The van der Waals surface area contributed by atoms with Crippen LogP contribution in [0.2, 0.25) is 0 Å². The first kappa shape index (κ1) is 29.8. The van der Waals surface area contributed by atoms with Gasteiger partial charge in [0.1, 0.15) is 11.1 Å². The van der Waals surface area contributed by atoms with Gasteiger partial charge in [-0.2, -0.15) is 13.2 Å². The van der Waals surface area contributed by atoms with Gasteiger partial charge in [-0.15, -0.1) is 0 Å². The fraction of sp³-hybridized carbons (Fsp3) is 0.241. The Bertz CT molecular complexity index is 1730. The monoisotopic (exact) mass is 614 g/mol. The molecule has 43 heavy (non-hydrogen) atoms. The van der Waals surface area contributed by atoms with E-state index in [-0.39, 0.29) is 19.3 Å². The normalized spacial score (nSPS) is 17.7. The molecule has 5 rings (SSSR count). The van der Waals surface area contributed by atoms with Crippen molar-refractivity contribution in [3.05, 3.63) is 101 Å². The number of nitrogens with one attached hydrogen (secondary N) is 3. The fourth-order valence-electron chi connectivity index (χ4n) is 4.78. The van der Waals surface area contributed by atoms with Crippen LogP contribution < -0.4 is 10.0 Å². The van der Waals surface area contributed by atoms with Crippen molar-refractivity contribution in [3.8, 4) is 0 Å². The highest BCUT2D eigenvalue weighted by atomic mass is 32.2. The van der Waals surface area contributed by atoms with E-state index < -0.39 is 51.4 Å². The second kappa shape index (κ2) is 11.9. The maximum absolute atomic E-state index is 13.4. The molecule has 2 amide bonds. The zero-order chi connectivity index (χ0) is 30.8. The van der Waals surface area contributed by atoms with Crippen molar-refractivity contribution >= 4 is 38.8 Å². The molecule has 3 aromatic carbocycles. The summed E-state index contributed by atoms with van der Waals surface area (Å²) in [6.45, 7) is 0. The van der Waals surface area contributed by atoms with Crippen molar-refractivity contribution in [2.24, 2.45) is 0 Å². The zero-order valence-electron chi connectivity index (χ0n) is 22.3. The zero-order valence-corrected chi connectivity index (χ0v) is 23.1. The predicted octanol–water partition coefficient (Wildman–Crippen LogP) is 3.57. The average molecular weight is 615 g/mol. The van der Waals surface area contributed by atoms with Gasteiger partial charge >= 0.3 is 12.1 Å². The number of imidazole rings is 1. The van der Waals surface area contributed by atoms with E-state index in [9.17, 15) is 36.0 Å². The van der Waals surface area contributed by atoms with Crippen LogP contribution in [0.25, 0.3) is 11.0 Å². The van der Waals surface area contributed by atoms with Crippen molar-refractivity contribution in [2.75, 3.05) is 0 Å². The molecule has 0 radical (unpaired) electrons. The first-order valence-electron chi connectivity index (χ1n) is 13.1. The molecule has 14 heteroatoms. The van der Waals surface area contributed by atoms with E-state index in [1.54, 1.807) is 78.9 Å². The number of hydrogen-bond acceptors (Lipinski definition) is 7. The van der Waals surface area contributed by atoms with Crippen molar-refractivity contribution in [2.45, 2.75) is 42.8 Å². The summed E-state index contributed by atoms with van der Waals surface area (Å²) in [7, 11) is -3.85. The number of esters is 1. The molecule has 1 aliphatic rings. The lowest BCUT2D eigenvalue weighted by Crippen LogP contribution is -2.43. The van der Waals surface area contributed by atoms with E-state index >= 15 is 0 Å². The molecule has 4 aromatic rings. The van der Waals surface area contributed by atoms with Crippen LogP contribution in [-0.4, -0.2) is 48.4 Å². The number of sulfonamides is 1. The van der Waals surface area contributed by atoms with Gasteiger partial charge in [0.25, 0.3) is 5.91 Å². The van der Waals surface area contributed by atoms with Gasteiger partial charge in [0.2, 0.25) is 15.9 Å². The molecule has 1 unspecified atom stereocenters. The Kier molecular flexibility index (Phi) is 8.22. The van der Waals surface area contributed by atoms with Crippen molar-refractivity contribution in [3.63, 3.8) is 0 Å². The second-order valence-corrected chi connectivity index (χ2v) is 11.9. The molecule has 3 atom stereocenters. The lowest BCUT2D eigenvalue weighted by molar-refractivity contribution is -0.205. The number of aromatic amines is 1. The number of halogens is 3. The predicted molar refractivity (Wildman–Crippen MR) is 148 cm³/mol. The third-order valence-corrected chi connectivity index (χ3v) is 8.58. The highest BCUT2D eigenvalue weighted by molar-refractivity contribution is 7.90. The van der Waals surface area contributed by atoms with Crippen LogP contribution in [0.1, 0.15) is 40.2 Å². The van der Waals surface area contributed by atoms with Crippen LogP contribution in [-0.2, 0) is 42.0 Å². The van der Waals surface area contributed by atoms with Crippen LogP contribution in [0.4, 0.5) is 13.2 Å². The average Bonchev–Trinajstić information content (AvgIpc) is 3.51. The summed E-state index contributed by atoms with van der Waals surface area (Å²) in [6, 6.07) is 20.6. The number of benzene rings is 3. The maximum atomic E-state index is 13.4. The van der Waals surface area contributed by atoms with Gasteiger partial charge in [0.05, 0.1) is 23.5 Å². The summed E-state index contributed by atoms with van der Waals surface area (Å²) in [6.07, 6.45) is -7.53. The van der Waals surface area contributed by atoms with Crippen molar-refractivity contribution in [1.82, 2.24) is 20.0 Å². The Morgan fingerprint density at radius 3 is 2.23 bits per heavy atom. The van der Waals surface area contributed by atoms with Crippen LogP contribution in [0.3, 0.4) is 0 Å². The molecule has 0 bridgehead atoms. The number of hydrogen-bond donors (Lipinski definition) is 3. The SMILES string of the molecule is O=C1CC(c2ccc(C[C@H](NC(=O)[C@H](Cc3ccccc3)OC(=O)C(F)(F)F)c3nc4ccccc4[nH]3)cc2)S(=O)(=O)N1. The first-order valence-corrected chi connectivity index (χ1v) is 14.6. The minimum Gasteiger partial charge on any atom is -0.445 e. The van der Waals surface area contributed by atoms with Gasteiger partial charge in [-0.05, 0) is 35.2 Å². The summed E-state index contributed by atoms with van der Waals surface area (Å²) in [5.41, 5.74) is 2.73. The van der Waals surface area contributed by atoms with E-state index in [1.165, 1.54) is 0 Å². The van der Waals surface area contributed by atoms with Crippen molar-refractivity contribution < 1.29 is 40.7 Å². The topological polar surface area (TPSA) is 147 Å². The van der Waals surface area contributed by atoms with Crippen LogP contribution in [0.15, 0.2) is 78.9 Å². The molecule has 0 aliphatic carbocycles. The van der Waals surface area contributed by atoms with Gasteiger partial charge in [-0.1, -0.05) is 66.7 Å². The number of ether oxygens (including phenoxy) is 1. The molecular weight excluding hydrogens is 589 g/mol. The van der Waals surface area contributed by atoms with Gasteiger partial charge in [0, 0.05) is 6.42 Å². The van der Waals surface area contributed by atoms with Gasteiger partial charge in [-0.25, -0.2) is 18.2 Å². The Balaban J connectivity index is 1.42. The Morgan fingerprint density at radius 1 is 0.953 bits per heavy atom. The molecule has 2 heterocycles. The van der Waals surface area contributed by atoms with E-state index in [0.29, 0.717) is 33.5 Å². The Morgan fingerprint density at radius 2 is 1.60 bits per heavy atom. The van der Waals surface area contributed by atoms with Crippen LogP contribution in [0, 0.1) is 0 Å². The lowest BCUT2D eigenvalue weighted by atomic mass is 10.0. The number of fused-ring (bicyclic) bond motifs is 1. The maximum Gasteiger partial charge on any atom is 0.490 e. The minimum absolute atomic E-state index is 0.0890. The second-order valence-electron chi connectivity index (χ2n) is 9.99. The number of alkyl halides is 3. The van der Waals surface area contributed by atoms with E-state index in [1.807, 2.05) is 4.72 Å². The molecule has 3 N–H and O–H groups in total. The fourth-order valence-corrected chi connectivity index (χ4v) is 6.21. The molecular formula is C29H25F3N4O6S. The summed E-state index contributed by atoms with van der Waals surface area (Å²) in [5, 5.41) is 1.64. The first-order chi connectivity index (χ1) is 20.4. The van der Waals surface area contributed by atoms with E-state index in [4.69, 9.17) is 0 Å². The largest absolute Gasteiger partial charge is 0.490 e. The van der Waals surface area contributed by atoms with Crippen LogP contribution in [0.5, 0.6) is 0 Å². The number of H-pyrrole nitrogens is 1. The number of aromatic nitrogens is 2. The summed E-state index contributed by atoms with van der Waals surface area (Å²) in [4.78, 5) is 44.4. The summed E-state index contributed by atoms with van der Waals surface area (Å²) in [5.74, 6) is -3.76. The third kappa shape index (κ3) is 7.02. The van der Waals surface area contributed by atoms with Gasteiger partial charge < -0.3 is 15.0 Å². The van der Waals surface area contributed by atoms with E-state index in [0.717, 1.165) is 0 Å². The number of nitrogens with zero attached hydrogens (tertiary/aromatic N) is 1. The number of carbonyl (C=O) groups excluding carboxylic acids is 3. The number of amides is 2. The Hall–Kier alpha value is -4.72. The lowest BCUT2D eigenvalue weighted by Gasteiger charge is -2.23. The molecule has 1 aromatic heterocycles. The highest BCUT2D eigenvalue weighted by Crippen LogP contribution is 2.31. The molecule has 1 aliphatic heterocycles. The van der Waals surface area contributed by atoms with Gasteiger partial charge in [0.15, 0.2) is 6.10 Å². The summed E-state index contributed by atoms with van der Waals surface area (Å²) < 4.78 is 70.3.